The number of nitrogens with one attached hydrogen (secondary N) is 1. The van der Waals surface area contributed by atoms with Crippen molar-refractivity contribution < 1.29 is 25.2 Å². The van der Waals surface area contributed by atoms with Crippen molar-refractivity contribution in [3.63, 3.8) is 0 Å². The van der Waals surface area contributed by atoms with E-state index in [-0.39, 0.29) is 0 Å². The van der Waals surface area contributed by atoms with E-state index in [0.717, 1.165) is 38.5 Å². The number of carbonyl (C=O) groups is 1. The largest absolute Gasteiger partial charge is 0.394 e. The van der Waals surface area contributed by atoms with Gasteiger partial charge in [0.15, 0.2) is 0 Å². The van der Waals surface area contributed by atoms with Gasteiger partial charge in [0, 0.05) is 0 Å². The van der Waals surface area contributed by atoms with Crippen molar-refractivity contribution in [2.24, 2.45) is 0 Å². The van der Waals surface area contributed by atoms with Gasteiger partial charge in [-0.05, 0) is 38.5 Å². The van der Waals surface area contributed by atoms with Gasteiger partial charge in [-0.3, -0.25) is 4.79 Å². The molecular weight excluding hydrogens is 659 g/mol. The molecule has 4 unspecified atom stereocenters. The zero-order chi connectivity index (χ0) is 38.9. The standard InChI is InChI=1S/C47H93NO5/c1-3-5-7-9-11-13-15-17-18-19-20-21-22-23-24-25-26-27-29-31-33-35-37-39-41-45(51)47(53)48-43(42-49)46(52)44(50)40-38-36-34-32-30-28-16-14-12-10-8-6-4-2/h23-24,43-46,49-52H,3-22,25-42H2,1-2H3,(H,48,53)/b24-23-. The number of aliphatic hydroxyl groups is 4. The molecule has 6 heteroatoms. The second-order valence-electron chi connectivity index (χ2n) is 16.5. The number of allylic oxidation sites excluding steroid dienone is 2. The molecule has 0 spiro atoms. The van der Waals surface area contributed by atoms with Crippen LogP contribution < -0.4 is 5.32 Å². The Morgan fingerprint density at radius 2 is 0.755 bits per heavy atom. The monoisotopic (exact) mass is 752 g/mol. The fraction of sp³-hybridized carbons (Fsp3) is 0.936. The molecule has 0 aromatic carbocycles. The molecule has 0 aromatic heterocycles. The van der Waals surface area contributed by atoms with E-state index in [2.05, 4.69) is 31.3 Å². The van der Waals surface area contributed by atoms with Crippen molar-refractivity contribution in [3.8, 4) is 0 Å². The van der Waals surface area contributed by atoms with Gasteiger partial charge in [-0.1, -0.05) is 225 Å². The Morgan fingerprint density at radius 1 is 0.453 bits per heavy atom. The Balaban J connectivity index is 3.66. The van der Waals surface area contributed by atoms with Crippen LogP contribution >= 0.6 is 0 Å². The number of hydrogen-bond donors (Lipinski definition) is 5. The lowest BCUT2D eigenvalue weighted by atomic mass is 9.99. The minimum atomic E-state index is -1.26. The van der Waals surface area contributed by atoms with E-state index < -0.39 is 36.9 Å². The third kappa shape index (κ3) is 36.4. The minimum absolute atomic E-state index is 0.368. The van der Waals surface area contributed by atoms with E-state index in [4.69, 9.17) is 0 Å². The molecule has 0 heterocycles. The zero-order valence-corrected chi connectivity index (χ0v) is 35.5. The van der Waals surface area contributed by atoms with Crippen LogP contribution in [-0.2, 0) is 4.79 Å². The van der Waals surface area contributed by atoms with E-state index in [1.165, 1.54) is 186 Å². The van der Waals surface area contributed by atoms with Crippen molar-refractivity contribution in [3.05, 3.63) is 12.2 Å². The smallest absolute Gasteiger partial charge is 0.249 e. The van der Waals surface area contributed by atoms with Crippen LogP contribution in [0.15, 0.2) is 12.2 Å². The first-order valence-electron chi connectivity index (χ1n) is 23.6. The summed E-state index contributed by atoms with van der Waals surface area (Å²) in [5.41, 5.74) is 0. The molecule has 53 heavy (non-hydrogen) atoms. The number of amides is 1. The normalized spacial score (nSPS) is 14.2. The highest BCUT2D eigenvalue weighted by molar-refractivity contribution is 5.80. The zero-order valence-electron chi connectivity index (χ0n) is 35.5. The van der Waals surface area contributed by atoms with E-state index in [1.807, 2.05) is 0 Å². The molecule has 0 aliphatic heterocycles. The number of carbonyl (C=O) groups excluding carboxylic acids is 1. The summed E-state index contributed by atoms with van der Waals surface area (Å²) in [7, 11) is 0. The summed E-state index contributed by atoms with van der Waals surface area (Å²) < 4.78 is 0. The van der Waals surface area contributed by atoms with Gasteiger partial charge in [0.05, 0.1) is 18.8 Å². The van der Waals surface area contributed by atoms with Crippen molar-refractivity contribution in [1.29, 1.82) is 0 Å². The van der Waals surface area contributed by atoms with Crippen LogP contribution in [-0.4, -0.2) is 57.3 Å². The molecule has 0 aromatic rings. The Labute approximate surface area is 330 Å². The first-order valence-corrected chi connectivity index (χ1v) is 23.6. The lowest BCUT2D eigenvalue weighted by molar-refractivity contribution is -0.132. The van der Waals surface area contributed by atoms with E-state index in [0.29, 0.717) is 12.8 Å². The molecule has 0 fully saturated rings. The molecule has 0 radical (unpaired) electrons. The molecule has 6 nitrogen and oxygen atoms in total. The predicted octanol–water partition coefficient (Wildman–Crippen LogP) is 12.6. The molecule has 1 amide bonds. The molecule has 0 rings (SSSR count). The maximum atomic E-state index is 12.5. The van der Waals surface area contributed by atoms with E-state index in [9.17, 15) is 25.2 Å². The topological polar surface area (TPSA) is 110 Å². The number of unbranched alkanes of at least 4 members (excludes halogenated alkanes) is 32. The Kier molecular flexibility index (Phi) is 41.4. The van der Waals surface area contributed by atoms with Crippen LogP contribution in [0, 0.1) is 0 Å². The summed E-state index contributed by atoms with van der Waals surface area (Å²) in [5.74, 6) is -0.584. The van der Waals surface area contributed by atoms with Crippen LogP contribution in [0.25, 0.3) is 0 Å². The lowest BCUT2D eigenvalue weighted by Crippen LogP contribution is -2.53. The fourth-order valence-corrected chi connectivity index (χ4v) is 7.46. The summed E-state index contributed by atoms with van der Waals surface area (Å²) in [6.07, 6.45) is 46.8. The fourth-order valence-electron chi connectivity index (χ4n) is 7.46. The SMILES string of the molecule is CCCCCCCCCCCCCC/C=C\CCCCCCCCCCC(O)C(=O)NC(CO)C(O)C(O)CCCCCCCCCCCCCCC. The van der Waals surface area contributed by atoms with Crippen LogP contribution in [0.2, 0.25) is 0 Å². The third-order valence-electron chi connectivity index (χ3n) is 11.2. The van der Waals surface area contributed by atoms with Gasteiger partial charge in [0.1, 0.15) is 12.2 Å². The molecule has 0 saturated heterocycles. The van der Waals surface area contributed by atoms with Gasteiger partial charge in [-0.15, -0.1) is 0 Å². The molecule has 0 aliphatic carbocycles. The number of rotatable bonds is 43. The quantitative estimate of drug-likeness (QED) is 0.0315. The predicted molar refractivity (Wildman–Crippen MR) is 228 cm³/mol. The Bertz CT molecular complexity index is 761. The van der Waals surface area contributed by atoms with Crippen LogP contribution in [0.3, 0.4) is 0 Å². The molecule has 316 valence electrons. The highest BCUT2D eigenvalue weighted by Crippen LogP contribution is 2.17. The van der Waals surface area contributed by atoms with Gasteiger partial charge in [-0.25, -0.2) is 0 Å². The molecule has 4 atom stereocenters. The summed E-state index contributed by atoms with van der Waals surface area (Å²) in [6, 6.07) is -0.983. The second-order valence-corrected chi connectivity index (χ2v) is 16.5. The van der Waals surface area contributed by atoms with Gasteiger partial charge in [0.25, 0.3) is 0 Å². The first-order chi connectivity index (χ1) is 26.0. The van der Waals surface area contributed by atoms with Crippen molar-refractivity contribution in [1.82, 2.24) is 5.32 Å². The summed E-state index contributed by atoms with van der Waals surface area (Å²) in [5, 5.41) is 43.7. The number of aliphatic hydroxyl groups excluding tert-OH is 4. The average molecular weight is 752 g/mol. The van der Waals surface area contributed by atoms with E-state index >= 15 is 0 Å². The van der Waals surface area contributed by atoms with Gasteiger partial charge in [-0.2, -0.15) is 0 Å². The maximum absolute atomic E-state index is 12.5. The highest BCUT2D eigenvalue weighted by Gasteiger charge is 2.28. The first kappa shape index (κ1) is 52.0. The average Bonchev–Trinajstić information content (AvgIpc) is 3.16. The summed E-state index contributed by atoms with van der Waals surface area (Å²) in [4.78, 5) is 12.5. The van der Waals surface area contributed by atoms with Crippen LogP contribution in [0.1, 0.15) is 251 Å². The van der Waals surface area contributed by atoms with Crippen molar-refractivity contribution in [2.45, 2.75) is 276 Å². The van der Waals surface area contributed by atoms with Gasteiger partial charge < -0.3 is 25.7 Å². The van der Waals surface area contributed by atoms with Crippen molar-refractivity contribution in [2.75, 3.05) is 6.61 Å². The number of hydrogen-bond acceptors (Lipinski definition) is 5. The van der Waals surface area contributed by atoms with Crippen LogP contribution in [0.5, 0.6) is 0 Å². The van der Waals surface area contributed by atoms with E-state index in [1.54, 1.807) is 0 Å². The molecule has 0 saturated carbocycles. The van der Waals surface area contributed by atoms with Crippen molar-refractivity contribution >= 4 is 5.91 Å². The molecule has 0 bridgehead atoms. The molecule has 0 aliphatic rings. The van der Waals surface area contributed by atoms with Gasteiger partial charge >= 0.3 is 0 Å². The second kappa shape index (κ2) is 42.2. The Morgan fingerprint density at radius 3 is 1.09 bits per heavy atom. The summed E-state index contributed by atoms with van der Waals surface area (Å²) in [6.45, 7) is 4.06. The highest BCUT2D eigenvalue weighted by atomic mass is 16.3. The maximum Gasteiger partial charge on any atom is 0.249 e. The molecule has 5 N–H and O–H groups in total. The Hall–Kier alpha value is -0.950. The molecular formula is C47H93NO5. The lowest BCUT2D eigenvalue weighted by Gasteiger charge is -2.27. The van der Waals surface area contributed by atoms with Crippen LogP contribution in [0.4, 0.5) is 0 Å². The van der Waals surface area contributed by atoms with Gasteiger partial charge in [0.2, 0.25) is 5.91 Å². The summed E-state index contributed by atoms with van der Waals surface area (Å²) >= 11 is 0. The minimum Gasteiger partial charge on any atom is -0.394 e. The third-order valence-corrected chi connectivity index (χ3v) is 11.2.